The highest BCUT2D eigenvalue weighted by Crippen LogP contribution is 2.33. The van der Waals surface area contributed by atoms with E-state index in [2.05, 4.69) is 68.4 Å². The Morgan fingerprint density at radius 3 is 1.79 bits per heavy atom. The van der Waals surface area contributed by atoms with Crippen LogP contribution < -0.4 is 5.56 Å². The maximum Gasteiger partial charge on any atom is 0.262 e. The maximum absolute atomic E-state index is 14.1. The summed E-state index contributed by atoms with van der Waals surface area (Å²) < 4.78 is 1.84. The van der Waals surface area contributed by atoms with Crippen LogP contribution in [0.4, 0.5) is 0 Å². The van der Waals surface area contributed by atoms with Crippen LogP contribution in [-0.4, -0.2) is 9.55 Å². The van der Waals surface area contributed by atoms with Crippen LogP contribution in [0.3, 0.4) is 0 Å². The van der Waals surface area contributed by atoms with Gasteiger partial charge in [0.05, 0.1) is 16.9 Å². The van der Waals surface area contributed by atoms with Gasteiger partial charge in [-0.05, 0) is 41.3 Å². The molecule has 5 aromatic rings. The van der Waals surface area contributed by atoms with Crippen LogP contribution in [0.2, 0.25) is 0 Å². The molecule has 0 unspecified atom stereocenters. The van der Waals surface area contributed by atoms with Crippen LogP contribution in [0.15, 0.2) is 114 Å². The number of aryl methyl sites for hydroxylation is 1. The molecule has 0 aliphatic carbocycles. The minimum Gasteiger partial charge on any atom is -0.285 e. The van der Waals surface area contributed by atoms with Crippen molar-refractivity contribution in [1.29, 1.82) is 0 Å². The Balaban J connectivity index is 1.74. The highest BCUT2D eigenvalue weighted by molar-refractivity contribution is 5.79. The van der Waals surface area contributed by atoms with Gasteiger partial charge in [-0.2, -0.15) is 0 Å². The monoisotopic (exact) mass is 444 g/mol. The Labute approximate surface area is 200 Å². The zero-order valence-electron chi connectivity index (χ0n) is 19.8. The second-order valence-corrected chi connectivity index (χ2v) is 9.28. The Morgan fingerprint density at radius 1 is 0.706 bits per heavy atom. The molecular weight excluding hydrogens is 416 g/mol. The van der Waals surface area contributed by atoms with Gasteiger partial charge in [0.15, 0.2) is 0 Å². The summed E-state index contributed by atoms with van der Waals surface area (Å²) in [4.78, 5) is 18.9. The van der Waals surface area contributed by atoms with Gasteiger partial charge in [0, 0.05) is 5.41 Å². The molecule has 0 amide bonds. The number of fused-ring (bicyclic) bond motifs is 1. The first kappa shape index (κ1) is 21.8. The fourth-order valence-corrected chi connectivity index (χ4v) is 4.79. The molecule has 5 rings (SSSR count). The predicted molar refractivity (Wildman–Crippen MR) is 139 cm³/mol. The largest absolute Gasteiger partial charge is 0.285 e. The van der Waals surface area contributed by atoms with Crippen LogP contribution in [0.25, 0.3) is 10.9 Å². The van der Waals surface area contributed by atoms with E-state index in [4.69, 9.17) is 4.98 Å². The normalized spacial score (nSPS) is 11.8. The number of rotatable bonds is 5. The zero-order valence-corrected chi connectivity index (χ0v) is 19.8. The second-order valence-electron chi connectivity index (χ2n) is 9.28. The lowest BCUT2D eigenvalue weighted by Gasteiger charge is -2.27. The van der Waals surface area contributed by atoms with Gasteiger partial charge < -0.3 is 0 Å². The number of hydrogen-bond donors (Lipinski definition) is 0. The smallest absolute Gasteiger partial charge is 0.262 e. The van der Waals surface area contributed by atoms with Crippen LogP contribution in [0, 0.1) is 6.92 Å². The van der Waals surface area contributed by atoms with E-state index in [1.165, 1.54) is 5.56 Å². The molecule has 0 N–H and O–H groups in total. The van der Waals surface area contributed by atoms with Crippen molar-refractivity contribution in [3.05, 3.63) is 148 Å². The Kier molecular flexibility index (Phi) is 5.62. The van der Waals surface area contributed by atoms with Crippen LogP contribution in [0.1, 0.15) is 48.0 Å². The fraction of sp³-hybridized carbons (Fsp3) is 0.161. The molecular formula is C31H28N2O. The third-order valence-electron chi connectivity index (χ3n) is 6.78. The Bertz CT molecular complexity index is 1450. The van der Waals surface area contributed by atoms with E-state index in [9.17, 15) is 4.79 Å². The van der Waals surface area contributed by atoms with Crippen molar-refractivity contribution in [2.45, 2.75) is 32.2 Å². The van der Waals surface area contributed by atoms with Gasteiger partial charge in [-0.25, -0.2) is 4.98 Å². The topological polar surface area (TPSA) is 34.9 Å². The summed E-state index contributed by atoms with van der Waals surface area (Å²) >= 11 is 0. The molecule has 1 aromatic heterocycles. The molecule has 0 aliphatic heterocycles. The Morgan fingerprint density at radius 2 is 1.24 bits per heavy atom. The summed E-state index contributed by atoms with van der Waals surface area (Å²) in [7, 11) is 0. The quantitative estimate of drug-likeness (QED) is 0.303. The minimum atomic E-state index is -0.252. The second kappa shape index (κ2) is 8.75. The van der Waals surface area contributed by atoms with E-state index >= 15 is 0 Å². The summed E-state index contributed by atoms with van der Waals surface area (Å²) in [6.45, 7) is 6.31. The van der Waals surface area contributed by atoms with Gasteiger partial charge in [-0.15, -0.1) is 0 Å². The molecule has 0 saturated heterocycles. The average molecular weight is 445 g/mol. The molecule has 0 bridgehead atoms. The predicted octanol–water partition coefficient (Wildman–Crippen LogP) is 6.67. The average Bonchev–Trinajstić information content (AvgIpc) is 2.88. The van der Waals surface area contributed by atoms with E-state index in [1.807, 2.05) is 66.1 Å². The molecule has 0 fully saturated rings. The summed E-state index contributed by atoms with van der Waals surface area (Å²) in [5, 5.41) is 0.643. The van der Waals surface area contributed by atoms with E-state index < -0.39 is 0 Å². The van der Waals surface area contributed by atoms with E-state index in [-0.39, 0.29) is 17.0 Å². The maximum atomic E-state index is 14.1. The molecule has 0 radical (unpaired) electrons. The lowest BCUT2D eigenvalue weighted by Crippen LogP contribution is -2.30. The SMILES string of the molecule is Cc1nc2ccc(C(C)(C)c3ccccc3)cc2c(=O)n1C(c1ccccc1)c1ccccc1. The van der Waals surface area contributed by atoms with Gasteiger partial charge in [-0.1, -0.05) is 111 Å². The van der Waals surface area contributed by atoms with Crippen LogP contribution in [0.5, 0.6) is 0 Å². The summed E-state index contributed by atoms with van der Waals surface area (Å²) in [5.74, 6) is 0.699. The third kappa shape index (κ3) is 3.84. The van der Waals surface area contributed by atoms with E-state index in [0.717, 1.165) is 22.2 Å². The van der Waals surface area contributed by atoms with Crippen LogP contribution >= 0.6 is 0 Å². The molecule has 0 saturated carbocycles. The number of benzene rings is 4. The molecule has 3 heteroatoms. The molecule has 0 aliphatic rings. The number of hydrogen-bond acceptors (Lipinski definition) is 2. The first-order valence-electron chi connectivity index (χ1n) is 11.7. The minimum absolute atomic E-state index is 0.0223. The van der Waals surface area contributed by atoms with Gasteiger partial charge in [0.1, 0.15) is 5.82 Å². The molecule has 3 nitrogen and oxygen atoms in total. The van der Waals surface area contributed by atoms with Crippen molar-refractivity contribution in [1.82, 2.24) is 9.55 Å². The van der Waals surface area contributed by atoms with Crippen molar-refractivity contribution in [2.24, 2.45) is 0 Å². The summed E-state index contributed by atoms with van der Waals surface area (Å²) in [6, 6.07) is 36.6. The molecule has 168 valence electrons. The summed E-state index contributed by atoms with van der Waals surface area (Å²) in [6.07, 6.45) is 0. The standard InChI is InChI=1S/C31H28N2O/c1-22-32-28-20-19-26(31(2,3)25-17-11-6-12-18-25)21-27(28)30(34)33(22)29(23-13-7-4-8-14-23)24-15-9-5-10-16-24/h4-21,29H,1-3H3. The molecule has 0 atom stereocenters. The van der Waals surface area contributed by atoms with Crippen molar-refractivity contribution >= 4 is 10.9 Å². The first-order valence-corrected chi connectivity index (χ1v) is 11.7. The van der Waals surface area contributed by atoms with E-state index in [0.29, 0.717) is 11.2 Å². The highest BCUT2D eigenvalue weighted by Gasteiger charge is 2.25. The highest BCUT2D eigenvalue weighted by atomic mass is 16.1. The van der Waals surface area contributed by atoms with Crippen molar-refractivity contribution < 1.29 is 0 Å². The van der Waals surface area contributed by atoms with Gasteiger partial charge in [0.2, 0.25) is 0 Å². The van der Waals surface area contributed by atoms with Crippen molar-refractivity contribution in [3.8, 4) is 0 Å². The fourth-order valence-electron chi connectivity index (χ4n) is 4.79. The zero-order chi connectivity index (χ0) is 23.7. The molecule has 4 aromatic carbocycles. The number of aromatic nitrogens is 2. The van der Waals surface area contributed by atoms with Crippen molar-refractivity contribution in [2.75, 3.05) is 0 Å². The molecule has 1 heterocycles. The number of nitrogens with zero attached hydrogens (tertiary/aromatic N) is 2. The summed E-state index contributed by atoms with van der Waals surface area (Å²) in [5.41, 5.74) is 4.88. The first-order chi connectivity index (χ1) is 16.5. The van der Waals surface area contributed by atoms with Crippen LogP contribution in [-0.2, 0) is 5.41 Å². The lowest BCUT2D eigenvalue weighted by molar-refractivity contribution is 0.618. The third-order valence-corrected chi connectivity index (χ3v) is 6.78. The molecule has 34 heavy (non-hydrogen) atoms. The lowest BCUT2D eigenvalue weighted by atomic mass is 9.78. The van der Waals surface area contributed by atoms with Crippen molar-refractivity contribution in [3.63, 3.8) is 0 Å². The Hall–Kier alpha value is -3.98. The van der Waals surface area contributed by atoms with E-state index in [1.54, 1.807) is 0 Å². The van der Waals surface area contributed by atoms with Gasteiger partial charge >= 0.3 is 0 Å². The molecule has 0 spiro atoms. The van der Waals surface area contributed by atoms with Gasteiger partial charge in [-0.3, -0.25) is 9.36 Å². The van der Waals surface area contributed by atoms with Gasteiger partial charge in [0.25, 0.3) is 5.56 Å².